The Bertz CT molecular complexity index is 116. The first-order chi connectivity index (χ1) is 4.22. The maximum Gasteiger partial charge on any atom is 0.157 e. The molecule has 0 aromatic rings. The molecule has 0 aliphatic rings. The molecule has 0 fully saturated rings. The summed E-state index contributed by atoms with van der Waals surface area (Å²) in [5.74, 6) is 0.0483. The molecule has 0 amide bonds. The second kappa shape index (κ2) is 4.52. The molecule has 52 valence electrons. The lowest BCUT2D eigenvalue weighted by molar-refractivity contribution is -0.122. The first kappa shape index (κ1) is 8.65. The average molecular weight is 147 g/mol. The van der Waals surface area contributed by atoms with Crippen LogP contribution in [0, 0.1) is 0 Å². The van der Waals surface area contributed by atoms with E-state index < -0.39 is 6.04 Å². The van der Waals surface area contributed by atoms with Crippen LogP contribution < -0.4 is 5.73 Å². The third kappa shape index (κ3) is 3.26. The molecule has 0 aromatic heterocycles. The molecular weight excluding hydrogens is 138 g/mol. The molecule has 9 heavy (non-hydrogen) atoms. The fourth-order valence-electron chi connectivity index (χ4n) is 0.335. The SMILES string of the molecule is N[C@H](CS)C(=O)CC=O. The molecule has 0 aromatic carbocycles. The zero-order valence-electron chi connectivity index (χ0n) is 4.91. The highest BCUT2D eigenvalue weighted by atomic mass is 32.1. The van der Waals surface area contributed by atoms with Crippen molar-refractivity contribution in [2.75, 3.05) is 5.75 Å². The molecule has 0 heterocycles. The molecule has 0 rings (SSSR count). The molecule has 1 atom stereocenters. The highest BCUT2D eigenvalue weighted by molar-refractivity contribution is 7.80. The Kier molecular flexibility index (Phi) is 4.35. The van der Waals surface area contributed by atoms with E-state index in [1.54, 1.807) is 0 Å². The number of Topliss-reactive ketones (excluding diaryl/α,β-unsaturated/α-hetero) is 1. The zero-order valence-corrected chi connectivity index (χ0v) is 5.80. The molecule has 0 spiro atoms. The number of ketones is 1. The fraction of sp³-hybridized carbons (Fsp3) is 0.600. The van der Waals surface area contributed by atoms with Gasteiger partial charge in [-0.15, -0.1) is 0 Å². The predicted octanol–water partition coefficient (Wildman–Crippen LogP) is -0.598. The molecule has 0 bridgehead atoms. The van der Waals surface area contributed by atoms with Crippen LogP contribution in [0.15, 0.2) is 0 Å². The maximum absolute atomic E-state index is 10.6. The zero-order chi connectivity index (χ0) is 7.28. The van der Waals surface area contributed by atoms with E-state index in [1.165, 1.54) is 0 Å². The van der Waals surface area contributed by atoms with Gasteiger partial charge >= 0.3 is 0 Å². The molecular formula is C5H9NO2S. The normalized spacial score (nSPS) is 12.7. The number of carbonyl (C=O) groups is 2. The van der Waals surface area contributed by atoms with Crippen LogP contribution in [0.4, 0.5) is 0 Å². The van der Waals surface area contributed by atoms with Gasteiger partial charge in [-0.25, -0.2) is 0 Å². The van der Waals surface area contributed by atoms with E-state index in [1.807, 2.05) is 0 Å². The topological polar surface area (TPSA) is 60.2 Å². The highest BCUT2D eigenvalue weighted by Crippen LogP contribution is 1.88. The summed E-state index contributed by atoms with van der Waals surface area (Å²) in [5.41, 5.74) is 5.22. The average Bonchev–Trinajstić information content (AvgIpc) is 1.87. The second-order valence-corrected chi connectivity index (χ2v) is 1.99. The number of hydrogen-bond acceptors (Lipinski definition) is 4. The van der Waals surface area contributed by atoms with E-state index >= 15 is 0 Å². The lowest BCUT2D eigenvalue weighted by atomic mass is 10.2. The molecule has 0 unspecified atom stereocenters. The number of rotatable bonds is 4. The molecule has 2 N–H and O–H groups in total. The van der Waals surface area contributed by atoms with Crippen LogP contribution in [0.25, 0.3) is 0 Å². The number of aldehydes is 1. The van der Waals surface area contributed by atoms with Crippen molar-refractivity contribution in [3.8, 4) is 0 Å². The van der Waals surface area contributed by atoms with Crippen LogP contribution in [-0.4, -0.2) is 23.9 Å². The van der Waals surface area contributed by atoms with Gasteiger partial charge < -0.3 is 10.5 Å². The van der Waals surface area contributed by atoms with Gasteiger partial charge in [-0.2, -0.15) is 12.6 Å². The van der Waals surface area contributed by atoms with Crippen LogP contribution in [0.2, 0.25) is 0 Å². The lowest BCUT2D eigenvalue weighted by Crippen LogP contribution is -2.32. The van der Waals surface area contributed by atoms with Crippen molar-refractivity contribution in [2.45, 2.75) is 12.5 Å². The van der Waals surface area contributed by atoms with Gasteiger partial charge in [0.1, 0.15) is 6.29 Å². The molecule has 0 aliphatic heterocycles. The summed E-state index contributed by atoms with van der Waals surface area (Å²) < 4.78 is 0. The Labute approximate surface area is 59.0 Å². The van der Waals surface area contributed by atoms with Gasteiger partial charge in [-0.3, -0.25) is 4.79 Å². The number of carbonyl (C=O) groups excluding carboxylic acids is 2. The van der Waals surface area contributed by atoms with Gasteiger partial charge in [-0.05, 0) is 0 Å². The monoisotopic (exact) mass is 147 g/mol. The van der Waals surface area contributed by atoms with Crippen molar-refractivity contribution in [1.82, 2.24) is 0 Å². The van der Waals surface area contributed by atoms with E-state index in [-0.39, 0.29) is 12.2 Å². The van der Waals surface area contributed by atoms with Crippen LogP contribution in [-0.2, 0) is 9.59 Å². The Balaban J connectivity index is 3.58. The summed E-state index contributed by atoms with van der Waals surface area (Å²) in [7, 11) is 0. The summed E-state index contributed by atoms with van der Waals surface area (Å²) in [6.07, 6.45) is 0.452. The summed E-state index contributed by atoms with van der Waals surface area (Å²) in [5, 5.41) is 0. The van der Waals surface area contributed by atoms with Gasteiger partial charge in [-0.1, -0.05) is 0 Å². The molecule has 4 heteroatoms. The Morgan fingerprint density at radius 2 is 2.33 bits per heavy atom. The van der Waals surface area contributed by atoms with E-state index in [2.05, 4.69) is 12.6 Å². The number of hydrogen-bond donors (Lipinski definition) is 2. The highest BCUT2D eigenvalue weighted by Gasteiger charge is 2.09. The van der Waals surface area contributed by atoms with Crippen LogP contribution in [0.5, 0.6) is 0 Å². The summed E-state index contributed by atoms with van der Waals surface area (Å²) in [6.45, 7) is 0. The quantitative estimate of drug-likeness (QED) is 0.317. The van der Waals surface area contributed by atoms with E-state index in [4.69, 9.17) is 5.73 Å². The Morgan fingerprint density at radius 1 is 1.78 bits per heavy atom. The third-order valence-corrected chi connectivity index (χ3v) is 1.29. The standard InChI is InChI=1S/C5H9NO2S/c6-4(3-9)5(8)1-2-7/h2,4,9H,1,3,6H2/t4-/m1/s1. The van der Waals surface area contributed by atoms with Crippen LogP contribution in [0.3, 0.4) is 0 Å². The predicted molar refractivity (Wildman–Crippen MR) is 37.5 cm³/mol. The largest absolute Gasteiger partial charge is 0.321 e. The van der Waals surface area contributed by atoms with Gasteiger partial charge in [0.05, 0.1) is 12.5 Å². The van der Waals surface area contributed by atoms with E-state index in [9.17, 15) is 9.59 Å². The summed E-state index contributed by atoms with van der Waals surface area (Å²) in [4.78, 5) is 20.3. The molecule has 0 radical (unpaired) electrons. The minimum absolute atomic E-state index is 0.0955. The molecule has 0 saturated heterocycles. The lowest BCUT2D eigenvalue weighted by Gasteiger charge is -2.01. The molecule has 0 aliphatic carbocycles. The molecule has 0 saturated carbocycles. The number of thiol groups is 1. The van der Waals surface area contributed by atoms with Crippen molar-refractivity contribution >= 4 is 24.7 Å². The Hall–Kier alpha value is -0.350. The van der Waals surface area contributed by atoms with Crippen molar-refractivity contribution in [3.05, 3.63) is 0 Å². The van der Waals surface area contributed by atoms with Crippen molar-refractivity contribution < 1.29 is 9.59 Å². The van der Waals surface area contributed by atoms with E-state index in [0.29, 0.717) is 12.0 Å². The van der Waals surface area contributed by atoms with Crippen molar-refractivity contribution in [3.63, 3.8) is 0 Å². The minimum Gasteiger partial charge on any atom is -0.321 e. The number of nitrogens with two attached hydrogens (primary N) is 1. The minimum atomic E-state index is -0.585. The third-order valence-electron chi connectivity index (χ3n) is 0.895. The first-order valence-electron chi connectivity index (χ1n) is 2.55. The van der Waals surface area contributed by atoms with Crippen LogP contribution >= 0.6 is 12.6 Å². The van der Waals surface area contributed by atoms with Gasteiger partial charge in [0.2, 0.25) is 0 Å². The summed E-state index contributed by atoms with van der Waals surface area (Å²) >= 11 is 3.79. The maximum atomic E-state index is 10.6. The van der Waals surface area contributed by atoms with Crippen LogP contribution in [0.1, 0.15) is 6.42 Å². The first-order valence-corrected chi connectivity index (χ1v) is 3.18. The van der Waals surface area contributed by atoms with E-state index in [0.717, 1.165) is 0 Å². The second-order valence-electron chi connectivity index (χ2n) is 1.63. The van der Waals surface area contributed by atoms with Crippen molar-refractivity contribution in [2.24, 2.45) is 5.73 Å². The smallest absolute Gasteiger partial charge is 0.157 e. The summed E-state index contributed by atoms with van der Waals surface area (Å²) in [6, 6.07) is -0.585. The van der Waals surface area contributed by atoms with Gasteiger partial charge in [0.25, 0.3) is 0 Å². The van der Waals surface area contributed by atoms with Crippen molar-refractivity contribution in [1.29, 1.82) is 0 Å². The molecule has 3 nitrogen and oxygen atoms in total. The fourth-order valence-corrected chi connectivity index (χ4v) is 0.539. The Morgan fingerprint density at radius 3 is 2.67 bits per heavy atom. The van der Waals surface area contributed by atoms with Gasteiger partial charge in [0, 0.05) is 5.75 Å². The van der Waals surface area contributed by atoms with Gasteiger partial charge in [0.15, 0.2) is 5.78 Å².